The van der Waals surface area contributed by atoms with Crippen molar-refractivity contribution in [1.29, 1.82) is 0 Å². The number of allylic oxidation sites excluding steroid dienone is 4. The molecule has 2 atom stereocenters. The van der Waals surface area contributed by atoms with E-state index in [1.807, 2.05) is 70.1 Å². The van der Waals surface area contributed by atoms with Crippen LogP contribution < -0.4 is 31.4 Å². The molecular formula is C59H69N4O17PS4. The summed E-state index contributed by atoms with van der Waals surface area (Å²) in [6.45, 7) is 4.44. The second-order valence-electron chi connectivity index (χ2n) is 21.0. The van der Waals surface area contributed by atoms with E-state index in [0.717, 1.165) is 10.6 Å². The van der Waals surface area contributed by atoms with Crippen molar-refractivity contribution >= 4 is 99.2 Å². The van der Waals surface area contributed by atoms with Crippen molar-refractivity contribution < 1.29 is 80.3 Å². The second kappa shape index (κ2) is 27.9. The second-order valence-corrected chi connectivity index (χ2v) is 29.1. The molecule has 0 radical (unpaired) electrons. The van der Waals surface area contributed by atoms with E-state index < -0.39 is 92.4 Å². The van der Waals surface area contributed by atoms with Crippen molar-refractivity contribution in [2.45, 2.75) is 85.8 Å². The minimum atomic E-state index is -4.98. The molecular weight excluding hydrogens is 1200 g/mol. The molecule has 2 aliphatic heterocycles. The fourth-order valence-corrected chi connectivity index (χ4v) is 15.5. The van der Waals surface area contributed by atoms with Crippen LogP contribution in [0, 0.1) is 0 Å². The normalized spacial score (nSPS) is 17.6. The lowest BCUT2D eigenvalue weighted by Gasteiger charge is -2.30. The summed E-state index contributed by atoms with van der Waals surface area (Å²) in [6, 6.07) is 32.2. The van der Waals surface area contributed by atoms with E-state index >= 15 is 0 Å². The Labute approximate surface area is 498 Å². The Balaban J connectivity index is 1.10. The number of carbonyl (C=O) groups excluding carboxylic acids is 3. The summed E-state index contributed by atoms with van der Waals surface area (Å²) < 4.78 is 152. The largest absolute Gasteiger partial charge is 0.744 e. The molecule has 5 N–H and O–H groups in total. The lowest BCUT2D eigenvalue weighted by atomic mass is 9.75. The fourth-order valence-electron chi connectivity index (χ4n) is 11.0. The quantitative estimate of drug-likeness (QED) is 0.0120. The van der Waals surface area contributed by atoms with Crippen molar-refractivity contribution in [2.75, 3.05) is 63.4 Å². The first-order valence-electron chi connectivity index (χ1n) is 27.2. The molecule has 85 heavy (non-hydrogen) atoms. The average molecular weight is 1270 g/mol. The number of benzene rings is 5. The molecule has 5 aromatic rings. The summed E-state index contributed by atoms with van der Waals surface area (Å²) in [4.78, 5) is 40.8. The van der Waals surface area contributed by atoms with Gasteiger partial charge in [0.15, 0.2) is 5.71 Å². The SMILES string of the molecule is COCCN1C(=CC=CC2=[N+](CCCCCC(=O)NCCNC(=O)c3ccc(C(=O)OC)c(P(c4ccccc4)c4ccccc4)c3)c3ccc(S(=O)(=O)[O-])cc3C2(C)CCCS(=O)(=O)O)C(C)(CCCS(=O)(=O)O)c2cc(S(=O)(=O)O)ccc21. The predicted molar refractivity (Wildman–Crippen MR) is 323 cm³/mol. The van der Waals surface area contributed by atoms with E-state index in [2.05, 4.69) is 10.6 Å². The smallest absolute Gasteiger partial charge is 0.338 e. The van der Waals surface area contributed by atoms with Crippen molar-refractivity contribution in [3.05, 3.63) is 161 Å². The Morgan fingerprint density at radius 1 is 0.694 bits per heavy atom. The Morgan fingerprint density at radius 2 is 1.29 bits per heavy atom. The van der Waals surface area contributed by atoms with Gasteiger partial charge in [0, 0.05) is 85.0 Å². The summed E-state index contributed by atoms with van der Waals surface area (Å²) >= 11 is 0. The first-order valence-corrected chi connectivity index (χ1v) is 34.6. The van der Waals surface area contributed by atoms with E-state index in [1.54, 1.807) is 50.3 Å². The van der Waals surface area contributed by atoms with E-state index in [0.29, 0.717) is 69.6 Å². The van der Waals surface area contributed by atoms with Crippen LogP contribution in [0.2, 0.25) is 0 Å². The Bertz CT molecular complexity index is 3820. The van der Waals surface area contributed by atoms with Crippen LogP contribution in [0.4, 0.5) is 11.4 Å². The maximum Gasteiger partial charge on any atom is 0.338 e. The Hall–Kier alpha value is -6.51. The summed E-state index contributed by atoms with van der Waals surface area (Å²) in [6.07, 6.45) is 6.66. The molecule has 21 nitrogen and oxygen atoms in total. The number of unbranched alkanes of at least 4 members (excludes halogenated alkanes) is 2. The molecule has 0 saturated carbocycles. The average Bonchev–Trinajstić information content (AvgIpc) is 1.66. The Kier molecular flexibility index (Phi) is 21.7. The number of esters is 1. The van der Waals surface area contributed by atoms with Gasteiger partial charge in [0.25, 0.3) is 36.3 Å². The number of fused-ring (bicyclic) bond motifs is 2. The maximum absolute atomic E-state index is 13.6. The van der Waals surface area contributed by atoms with Crippen molar-refractivity contribution in [3.63, 3.8) is 0 Å². The molecule has 5 aromatic carbocycles. The number of methoxy groups -OCH3 is 2. The molecule has 2 unspecified atom stereocenters. The third kappa shape index (κ3) is 16.5. The topological polar surface area (TPSA) is 320 Å². The van der Waals surface area contributed by atoms with Gasteiger partial charge in [-0.05, 0) is 131 Å². The first kappa shape index (κ1) is 66.0. The fraction of sp³-hybridized carbons (Fsp3) is 0.356. The summed E-state index contributed by atoms with van der Waals surface area (Å²) in [5.41, 5.74) is 1.29. The van der Waals surface area contributed by atoms with Gasteiger partial charge in [-0.2, -0.15) is 29.8 Å². The minimum absolute atomic E-state index is 0.0408. The number of rotatable bonds is 29. The third-order valence-electron chi connectivity index (χ3n) is 15.1. The number of ether oxygens (including phenoxy) is 2. The number of anilines is 1. The van der Waals surface area contributed by atoms with Gasteiger partial charge in [-0.3, -0.25) is 23.2 Å². The predicted octanol–water partition coefficient (Wildman–Crippen LogP) is 6.05. The molecule has 2 heterocycles. The first-order chi connectivity index (χ1) is 40.1. The molecule has 7 rings (SSSR count). The summed E-state index contributed by atoms with van der Waals surface area (Å²) in [5.74, 6) is -2.46. The number of nitrogens with zero attached hydrogens (tertiary/aromatic N) is 2. The third-order valence-corrected chi connectivity index (χ3v) is 20.9. The number of carbonyl (C=O) groups is 3. The van der Waals surface area contributed by atoms with E-state index in [1.165, 1.54) is 50.6 Å². The molecule has 0 aromatic heterocycles. The Morgan fingerprint density at radius 3 is 1.88 bits per heavy atom. The molecule has 2 aliphatic rings. The van der Waals surface area contributed by atoms with Crippen LogP contribution in [0.5, 0.6) is 0 Å². The van der Waals surface area contributed by atoms with Gasteiger partial charge < -0.3 is 29.6 Å². The standard InChI is InChI=1S/C59H69N4O17PS4/c1-58(30-15-37-82(67,68)69)48-40-45(84(73,74)75)25-28-50(48)62(53(58)21-14-22-54-59(2,31-16-38-83(70,71)72)49-41-46(85(76,77)78)26-29-51(49)63(54)35-36-79-3)34-13-7-12-23-55(64)60-32-33-61-56(65)42-24-27-47(57(66)80-4)52(39-42)81(43-17-8-5-9-18-43)44-19-10-6-11-20-44/h5-6,8-11,14,17-22,24-29,39-41H,7,12-13,15-16,23,30-38H2,1-4H3,(H5-,60,61,64,65,67,68,69,70,71,72,73,74,75,76,77,78). The van der Waals surface area contributed by atoms with Crippen LogP contribution in [0.25, 0.3) is 0 Å². The molecule has 0 aliphatic carbocycles. The van der Waals surface area contributed by atoms with E-state index in [-0.39, 0.29) is 70.8 Å². The highest BCUT2D eigenvalue weighted by molar-refractivity contribution is 7.86. The van der Waals surface area contributed by atoms with Crippen LogP contribution in [-0.2, 0) is 65.6 Å². The molecule has 26 heteroatoms. The lowest BCUT2D eigenvalue weighted by Crippen LogP contribution is -2.35. The van der Waals surface area contributed by atoms with Gasteiger partial charge in [0.1, 0.15) is 16.7 Å². The van der Waals surface area contributed by atoms with Crippen molar-refractivity contribution in [1.82, 2.24) is 10.6 Å². The van der Waals surface area contributed by atoms with Crippen LogP contribution in [0.1, 0.15) is 97.1 Å². The number of hydrogen-bond donors (Lipinski definition) is 5. The minimum Gasteiger partial charge on any atom is -0.744 e. The number of nitrogens with one attached hydrogen (secondary N) is 2. The maximum atomic E-state index is 13.6. The number of hydrogen-bond acceptors (Lipinski definition) is 15. The highest BCUT2D eigenvalue weighted by Crippen LogP contribution is 2.51. The van der Waals surface area contributed by atoms with Crippen LogP contribution >= 0.6 is 7.92 Å². The molecule has 0 spiro atoms. The van der Waals surface area contributed by atoms with Gasteiger partial charge in [-0.1, -0.05) is 66.7 Å². The highest BCUT2D eigenvalue weighted by Gasteiger charge is 2.48. The van der Waals surface area contributed by atoms with E-state index in [4.69, 9.17) is 9.47 Å². The highest BCUT2D eigenvalue weighted by atomic mass is 32.2. The summed E-state index contributed by atoms with van der Waals surface area (Å²) in [7, 11) is -17.0. The van der Waals surface area contributed by atoms with E-state index in [9.17, 15) is 66.3 Å². The molecule has 0 saturated heterocycles. The van der Waals surface area contributed by atoms with Crippen molar-refractivity contribution in [2.24, 2.45) is 0 Å². The van der Waals surface area contributed by atoms with Crippen LogP contribution in [0.3, 0.4) is 0 Å². The van der Waals surface area contributed by atoms with Gasteiger partial charge in [-0.15, -0.1) is 0 Å². The van der Waals surface area contributed by atoms with Gasteiger partial charge in [-0.25, -0.2) is 13.2 Å². The zero-order valence-electron chi connectivity index (χ0n) is 47.3. The zero-order valence-corrected chi connectivity index (χ0v) is 51.5. The van der Waals surface area contributed by atoms with Gasteiger partial charge in [0.2, 0.25) is 11.6 Å². The monoisotopic (exact) mass is 1260 g/mol. The molecule has 456 valence electrons. The molecule has 0 fully saturated rings. The summed E-state index contributed by atoms with van der Waals surface area (Å²) in [5, 5.41) is 8.27. The lowest BCUT2D eigenvalue weighted by molar-refractivity contribution is -0.438. The van der Waals surface area contributed by atoms with Crippen LogP contribution in [-0.4, -0.2) is 138 Å². The van der Waals surface area contributed by atoms with Crippen LogP contribution in [0.15, 0.2) is 149 Å². The van der Waals surface area contributed by atoms with Gasteiger partial charge >= 0.3 is 5.97 Å². The number of amides is 2. The van der Waals surface area contributed by atoms with Crippen molar-refractivity contribution in [3.8, 4) is 0 Å². The molecule has 0 bridgehead atoms. The zero-order chi connectivity index (χ0) is 62.0. The van der Waals surface area contributed by atoms with Gasteiger partial charge in [0.05, 0.1) is 46.0 Å². The molecule has 2 amide bonds.